The van der Waals surface area contributed by atoms with Crippen molar-refractivity contribution in [3.8, 4) is 0 Å². The molecule has 6 nitrogen and oxygen atoms in total. The molecule has 2 aromatic carbocycles. The third-order valence-electron chi connectivity index (χ3n) is 3.48. The molecule has 0 aliphatic heterocycles. The number of amides is 1. The molecule has 0 saturated carbocycles. The second-order valence-corrected chi connectivity index (χ2v) is 6.61. The summed E-state index contributed by atoms with van der Waals surface area (Å²) in [4.78, 5) is 23.8. The largest absolute Gasteiger partial charge is 0.399 e. The summed E-state index contributed by atoms with van der Waals surface area (Å²) in [6.45, 7) is 3.67. The minimum absolute atomic E-state index is 0.00618. The van der Waals surface area contributed by atoms with Crippen molar-refractivity contribution >= 4 is 34.7 Å². The Kier molecular flexibility index (Phi) is 5.81. The van der Waals surface area contributed by atoms with Gasteiger partial charge in [0.2, 0.25) is 5.91 Å². The quantitative estimate of drug-likeness (QED) is 0.357. The number of non-ortho nitro benzene ring substituents is 1. The molecule has 0 aliphatic rings. The average Bonchev–Trinajstić information content (AvgIpc) is 2.54. The number of nitrogens with one attached hydrogen (secondary N) is 1. The van der Waals surface area contributed by atoms with Crippen molar-refractivity contribution in [1.82, 2.24) is 0 Å². The van der Waals surface area contributed by atoms with Gasteiger partial charge < -0.3 is 11.1 Å². The summed E-state index contributed by atoms with van der Waals surface area (Å²) in [7, 11) is 0. The molecule has 1 unspecified atom stereocenters. The van der Waals surface area contributed by atoms with Gasteiger partial charge in [-0.15, -0.1) is 11.8 Å². The molecule has 2 rings (SSSR count). The highest BCUT2D eigenvalue weighted by atomic mass is 32.2. The number of nitrogen functional groups attached to an aromatic ring is 1. The molecule has 1 amide bonds. The van der Waals surface area contributed by atoms with E-state index in [2.05, 4.69) is 5.32 Å². The predicted molar refractivity (Wildman–Crippen MR) is 97.3 cm³/mol. The van der Waals surface area contributed by atoms with Crippen LogP contribution in [0.5, 0.6) is 0 Å². The highest BCUT2D eigenvalue weighted by Crippen LogP contribution is 2.28. The summed E-state index contributed by atoms with van der Waals surface area (Å²) in [5.74, 6) is -0.137. The second kappa shape index (κ2) is 7.83. The maximum absolute atomic E-state index is 12.5. The van der Waals surface area contributed by atoms with Crippen LogP contribution in [0.1, 0.15) is 18.9 Å². The standard InChI is InChI=1S/C17H19N3O3S/c1-3-16(24-14-6-4-5-12(18)10-14)17(21)19-15-8-7-13(20(22)23)9-11(15)2/h4-10,16H,3,18H2,1-2H3,(H,19,21). The number of anilines is 2. The fourth-order valence-corrected chi connectivity index (χ4v) is 3.21. The van der Waals surface area contributed by atoms with Crippen LogP contribution in [-0.4, -0.2) is 16.1 Å². The number of benzene rings is 2. The van der Waals surface area contributed by atoms with Gasteiger partial charge in [-0.3, -0.25) is 14.9 Å². The van der Waals surface area contributed by atoms with Crippen molar-refractivity contribution < 1.29 is 9.72 Å². The van der Waals surface area contributed by atoms with E-state index in [0.29, 0.717) is 23.4 Å². The van der Waals surface area contributed by atoms with E-state index in [1.54, 1.807) is 19.1 Å². The van der Waals surface area contributed by atoms with Crippen molar-refractivity contribution in [1.29, 1.82) is 0 Å². The van der Waals surface area contributed by atoms with E-state index in [9.17, 15) is 14.9 Å². The van der Waals surface area contributed by atoms with Crippen LogP contribution in [0.15, 0.2) is 47.4 Å². The summed E-state index contributed by atoms with van der Waals surface area (Å²) >= 11 is 1.44. The maximum Gasteiger partial charge on any atom is 0.269 e. The number of carbonyl (C=O) groups is 1. The molecule has 7 heteroatoms. The van der Waals surface area contributed by atoms with E-state index in [1.165, 1.54) is 23.9 Å². The number of rotatable bonds is 6. The molecule has 0 bridgehead atoms. The molecular formula is C17H19N3O3S. The van der Waals surface area contributed by atoms with Crippen molar-refractivity contribution in [3.05, 3.63) is 58.1 Å². The van der Waals surface area contributed by atoms with Gasteiger partial charge in [-0.05, 0) is 43.2 Å². The first-order chi connectivity index (χ1) is 11.4. The number of nitrogens with zero attached hydrogens (tertiary/aromatic N) is 1. The molecule has 0 heterocycles. The predicted octanol–water partition coefficient (Wildman–Crippen LogP) is 3.99. The lowest BCUT2D eigenvalue weighted by Crippen LogP contribution is -2.24. The van der Waals surface area contributed by atoms with Gasteiger partial charge in [-0.25, -0.2) is 0 Å². The second-order valence-electron chi connectivity index (χ2n) is 5.33. The van der Waals surface area contributed by atoms with Gasteiger partial charge in [0.15, 0.2) is 0 Å². The molecule has 126 valence electrons. The Morgan fingerprint density at radius 3 is 2.67 bits per heavy atom. The average molecular weight is 345 g/mol. The van der Waals surface area contributed by atoms with Crippen molar-refractivity contribution in [2.75, 3.05) is 11.1 Å². The summed E-state index contributed by atoms with van der Waals surface area (Å²) < 4.78 is 0. The van der Waals surface area contributed by atoms with Crippen LogP contribution in [0.4, 0.5) is 17.1 Å². The Bertz CT molecular complexity index is 764. The topological polar surface area (TPSA) is 98.3 Å². The number of hydrogen-bond acceptors (Lipinski definition) is 5. The highest BCUT2D eigenvalue weighted by molar-refractivity contribution is 8.00. The lowest BCUT2D eigenvalue weighted by atomic mass is 10.1. The number of nitro benzene ring substituents is 1. The zero-order chi connectivity index (χ0) is 17.7. The summed E-state index contributed by atoms with van der Waals surface area (Å²) in [6, 6.07) is 11.8. The molecule has 0 fully saturated rings. The molecular weight excluding hydrogens is 326 g/mol. The summed E-state index contributed by atoms with van der Waals surface area (Å²) in [5.41, 5.74) is 7.66. The van der Waals surface area contributed by atoms with Crippen LogP contribution in [-0.2, 0) is 4.79 Å². The summed E-state index contributed by atoms with van der Waals surface area (Å²) in [6.07, 6.45) is 0.650. The SMILES string of the molecule is CCC(Sc1cccc(N)c1)C(=O)Nc1ccc([N+](=O)[O-])cc1C. The van der Waals surface area contributed by atoms with E-state index in [-0.39, 0.29) is 16.8 Å². The van der Waals surface area contributed by atoms with Gasteiger partial charge in [0.1, 0.15) is 0 Å². The first-order valence-electron chi connectivity index (χ1n) is 7.48. The molecule has 0 radical (unpaired) electrons. The third kappa shape index (κ3) is 4.48. The van der Waals surface area contributed by atoms with Crippen LogP contribution in [0.3, 0.4) is 0 Å². The first kappa shape index (κ1) is 17.8. The maximum atomic E-state index is 12.5. The number of aryl methyl sites for hydroxylation is 1. The zero-order valence-electron chi connectivity index (χ0n) is 13.5. The molecule has 1 atom stereocenters. The lowest BCUT2D eigenvalue weighted by Gasteiger charge is -2.16. The van der Waals surface area contributed by atoms with Gasteiger partial charge in [0.25, 0.3) is 5.69 Å². The van der Waals surface area contributed by atoms with E-state index >= 15 is 0 Å². The van der Waals surface area contributed by atoms with Crippen molar-refractivity contribution in [2.45, 2.75) is 30.4 Å². The van der Waals surface area contributed by atoms with Gasteiger partial charge in [0.05, 0.1) is 10.2 Å². The molecule has 24 heavy (non-hydrogen) atoms. The van der Waals surface area contributed by atoms with E-state index in [0.717, 1.165) is 4.90 Å². The molecule has 0 saturated heterocycles. The molecule has 0 spiro atoms. The van der Waals surface area contributed by atoms with Gasteiger partial charge >= 0.3 is 0 Å². The zero-order valence-corrected chi connectivity index (χ0v) is 14.3. The van der Waals surface area contributed by atoms with Crippen molar-refractivity contribution in [2.24, 2.45) is 0 Å². The number of nitrogens with two attached hydrogens (primary N) is 1. The van der Waals surface area contributed by atoms with Crippen molar-refractivity contribution in [3.63, 3.8) is 0 Å². The number of carbonyl (C=O) groups excluding carboxylic acids is 1. The Morgan fingerprint density at radius 1 is 1.33 bits per heavy atom. The smallest absolute Gasteiger partial charge is 0.269 e. The van der Waals surface area contributed by atoms with E-state index in [1.807, 2.05) is 25.1 Å². The van der Waals surface area contributed by atoms with Crippen LogP contribution in [0, 0.1) is 17.0 Å². The Morgan fingerprint density at radius 2 is 2.08 bits per heavy atom. The third-order valence-corrected chi connectivity index (χ3v) is 4.84. The Labute approximate surface area is 144 Å². The highest BCUT2D eigenvalue weighted by Gasteiger charge is 2.19. The minimum atomic E-state index is -0.455. The minimum Gasteiger partial charge on any atom is -0.399 e. The van der Waals surface area contributed by atoms with Gasteiger partial charge in [0, 0.05) is 28.4 Å². The number of thioether (sulfide) groups is 1. The fourth-order valence-electron chi connectivity index (χ4n) is 2.19. The monoisotopic (exact) mass is 345 g/mol. The van der Waals surface area contributed by atoms with Crippen LogP contribution < -0.4 is 11.1 Å². The fraction of sp³-hybridized carbons (Fsp3) is 0.235. The molecule has 0 aromatic heterocycles. The van der Waals surface area contributed by atoms with E-state index < -0.39 is 4.92 Å². The first-order valence-corrected chi connectivity index (χ1v) is 8.36. The number of nitro groups is 1. The molecule has 0 aliphatic carbocycles. The van der Waals surface area contributed by atoms with Gasteiger partial charge in [-0.1, -0.05) is 13.0 Å². The summed E-state index contributed by atoms with van der Waals surface area (Å²) in [5, 5.41) is 13.3. The normalized spacial score (nSPS) is 11.8. The van der Waals surface area contributed by atoms with Crippen LogP contribution in [0.2, 0.25) is 0 Å². The molecule has 3 N–H and O–H groups in total. The van der Waals surface area contributed by atoms with E-state index in [4.69, 9.17) is 5.73 Å². The van der Waals surface area contributed by atoms with Crippen LogP contribution in [0.25, 0.3) is 0 Å². The Hall–Kier alpha value is -2.54. The van der Waals surface area contributed by atoms with Crippen LogP contribution >= 0.6 is 11.8 Å². The van der Waals surface area contributed by atoms with Gasteiger partial charge in [-0.2, -0.15) is 0 Å². The Balaban J connectivity index is 2.10. The number of hydrogen-bond donors (Lipinski definition) is 2. The lowest BCUT2D eigenvalue weighted by molar-refractivity contribution is -0.384. The molecule has 2 aromatic rings.